The van der Waals surface area contributed by atoms with Gasteiger partial charge in [-0.3, -0.25) is 4.79 Å². The molecular formula is C22H24FN3O4. The number of aromatic nitrogens is 2. The minimum absolute atomic E-state index is 0.135. The van der Waals surface area contributed by atoms with Crippen LogP contribution >= 0.6 is 0 Å². The number of likely N-dealkylation sites (N-methyl/N-ethyl adjacent to an activating group) is 1. The van der Waals surface area contributed by atoms with E-state index in [1.807, 2.05) is 24.3 Å². The first kappa shape index (κ1) is 21.3. The average Bonchev–Trinajstić information content (AvgIpc) is 3.23. The van der Waals surface area contributed by atoms with E-state index in [4.69, 9.17) is 14.0 Å². The Morgan fingerprint density at radius 2 is 1.73 bits per heavy atom. The van der Waals surface area contributed by atoms with Crippen LogP contribution in [-0.4, -0.2) is 41.1 Å². The number of ether oxygens (including phenoxy) is 2. The minimum atomic E-state index is -0.356. The average molecular weight is 413 g/mol. The molecule has 0 aliphatic rings. The molecule has 1 amide bonds. The Balaban J connectivity index is 1.40. The first-order valence-electron chi connectivity index (χ1n) is 9.69. The Kier molecular flexibility index (Phi) is 7.37. The maximum absolute atomic E-state index is 12.9. The number of nitrogens with zero attached hydrogens (tertiary/aromatic N) is 3. The highest BCUT2D eigenvalue weighted by molar-refractivity contribution is 5.77. The summed E-state index contributed by atoms with van der Waals surface area (Å²) in [6, 6.07) is 13.4. The van der Waals surface area contributed by atoms with Crippen molar-refractivity contribution in [1.29, 1.82) is 0 Å². The van der Waals surface area contributed by atoms with Crippen LogP contribution in [-0.2, 0) is 24.2 Å². The second kappa shape index (κ2) is 10.4. The number of carbonyl (C=O) groups excluding carboxylic acids is 1. The van der Waals surface area contributed by atoms with Crippen molar-refractivity contribution in [2.45, 2.75) is 26.4 Å². The fourth-order valence-electron chi connectivity index (χ4n) is 2.60. The lowest BCUT2D eigenvalue weighted by atomic mass is 10.2. The van der Waals surface area contributed by atoms with Gasteiger partial charge in [-0.25, -0.2) is 4.39 Å². The third kappa shape index (κ3) is 6.30. The standard InChI is InChI=1S/C22H24FN3O4/c1-3-16-4-8-18(9-5-16)28-14-21-24-20(25-30-21)12-13-26(2)22(27)15-29-19-10-6-17(23)7-11-19/h4-11H,3,12-15H2,1-2H3. The third-order valence-electron chi connectivity index (χ3n) is 4.48. The predicted molar refractivity (Wildman–Crippen MR) is 108 cm³/mol. The summed E-state index contributed by atoms with van der Waals surface area (Å²) in [7, 11) is 1.67. The molecule has 0 bridgehead atoms. The Labute approximate surface area is 174 Å². The molecule has 0 N–H and O–H groups in total. The zero-order chi connectivity index (χ0) is 21.3. The number of halogens is 1. The molecular weight excluding hydrogens is 389 g/mol. The van der Waals surface area contributed by atoms with Crippen LogP contribution in [0.2, 0.25) is 0 Å². The van der Waals surface area contributed by atoms with Gasteiger partial charge in [0, 0.05) is 20.0 Å². The first-order chi connectivity index (χ1) is 14.5. The van der Waals surface area contributed by atoms with Crippen molar-refractivity contribution in [3.05, 3.63) is 71.6 Å². The maximum atomic E-state index is 12.9. The SMILES string of the molecule is CCc1ccc(OCc2nc(CCN(C)C(=O)COc3ccc(F)cc3)no2)cc1. The molecule has 0 unspecified atom stereocenters. The molecule has 1 heterocycles. The number of carbonyl (C=O) groups is 1. The first-order valence-corrected chi connectivity index (χ1v) is 9.69. The van der Waals surface area contributed by atoms with Crippen LogP contribution in [0.4, 0.5) is 4.39 Å². The monoisotopic (exact) mass is 413 g/mol. The van der Waals surface area contributed by atoms with Gasteiger partial charge >= 0.3 is 0 Å². The molecule has 30 heavy (non-hydrogen) atoms. The van der Waals surface area contributed by atoms with Crippen LogP contribution in [0.15, 0.2) is 53.1 Å². The van der Waals surface area contributed by atoms with Gasteiger partial charge in [-0.1, -0.05) is 24.2 Å². The van der Waals surface area contributed by atoms with E-state index in [-0.39, 0.29) is 24.9 Å². The van der Waals surface area contributed by atoms with E-state index in [2.05, 4.69) is 17.1 Å². The van der Waals surface area contributed by atoms with Gasteiger partial charge in [0.1, 0.15) is 17.3 Å². The molecule has 0 aliphatic carbocycles. The maximum Gasteiger partial charge on any atom is 0.264 e. The molecule has 0 atom stereocenters. The molecule has 0 fully saturated rings. The fourth-order valence-corrected chi connectivity index (χ4v) is 2.60. The van der Waals surface area contributed by atoms with Gasteiger partial charge in [0.05, 0.1) is 0 Å². The number of hydrogen-bond donors (Lipinski definition) is 0. The zero-order valence-electron chi connectivity index (χ0n) is 17.0. The van der Waals surface area contributed by atoms with Crippen LogP contribution in [0.25, 0.3) is 0 Å². The topological polar surface area (TPSA) is 77.7 Å². The van der Waals surface area contributed by atoms with Gasteiger partial charge in [0.25, 0.3) is 11.8 Å². The van der Waals surface area contributed by atoms with Crippen molar-refractivity contribution in [2.24, 2.45) is 0 Å². The molecule has 158 valence electrons. The number of rotatable bonds is 10. The highest BCUT2D eigenvalue weighted by Crippen LogP contribution is 2.14. The smallest absolute Gasteiger partial charge is 0.264 e. The van der Waals surface area contributed by atoms with E-state index in [1.165, 1.54) is 34.7 Å². The van der Waals surface area contributed by atoms with E-state index in [0.717, 1.165) is 12.2 Å². The molecule has 2 aromatic carbocycles. The molecule has 0 spiro atoms. The predicted octanol–water partition coefficient (Wildman–Crippen LogP) is 3.43. The van der Waals surface area contributed by atoms with E-state index in [0.29, 0.717) is 30.4 Å². The molecule has 1 aromatic heterocycles. The van der Waals surface area contributed by atoms with Crippen LogP contribution < -0.4 is 9.47 Å². The second-order valence-electron chi connectivity index (χ2n) is 6.70. The van der Waals surface area contributed by atoms with Crippen molar-refractivity contribution in [2.75, 3.05) is 20.2 Å². The largest absolute Gasteiger partial charge is 0.484 e. The quantitative estimate of drug-likeness (QED) is 0.507. The van der Waals surface area contributed by atoms with Crippen molar-refractivity contribution in [1.82, 2.24) is 15.0 Å². The summed E-state index contributed by atoms with van der Waals surface area (Å²) < 4.78 is 29.1. The number of hydrogen-bond acceptors (Lipinski definition) is 6. The van der Waals surface area contributed by atoms with Crippen molar-refractivity contribution in [3.8, 4) is 11.5 Å². The second-order valence-corrected chi connectivity index (χ2v) is 6.70. The lowest BCUT2D eigenvalue weighted by Gasteiger charge is -2.16. The molecule has 0 radical (unpaired) electrons. The van der Waals surface area contributed by atoms with Gasteiger partial charge in [-0.15, -0.1) is 0 Å². The number of aryl methyl sites for hydroxylation is 1. The fraction of sp³-hybridized carbons (Fsp3) is 0.318. The van der Waals surface area contributed by atoms with Gasteiger partial charge < -0.3 is 18.9 Å². The summed E-state index contributed by atoms with van der Waals surface area (Å²) in [5, 5.41) is 3.92. The van der Waals surface area contributed by atoms with Crippen LogP contribution in [0, 0.1) is 5.82 Å². The number of amides is 1. The van der Waals surface area contributed by atoms with E-state index < -0.39 is 0 Å². The molecule has 7 nitrogen and oxygen atoms in total. The van der Waals surface area contributed by atoms with E-state index in [1.54, 1.807) is 7.05 Å². The Morgan fingerprint density at radius 1 is 1.07 bits per heavy atom. The summed E-state index contributed by atoms with van der Waals surface area (Å²) in [6.45, 7) is 2.55. The van der Waals surface area contributed by atoms with Crippen LogP contribution in [0.3, 0.4) is 0 Å². The lowest BCUT2D eigenvalue weighted by molar-refractivity contribution is -0.132. The normalized spacial score (nSPS) is 10.6. The van der Waals surface area contributed by atoms with Crippen molar-refractivity contribution >= 4 is 5.91 Å². The lowest BCUT2D eigenvalue weighted by Crippen LogP contribution is -2.33. The Morgan fingerprint density at radius 3 is 2.43 bits per heavy atom. The molecule has 3 rings (SSSR count). The molecule has 0 saturated carbocycles. The number of benzene rings is 2. The van der Waals surface area contributed by atoms with Crippen molar-refractivity contribution < 1.29 is 23.2 Å². The van der Waals surface area contributed by atoms with E-state index >= 15 is 0 Å². The molecule has 0 saturated heterocycles. The van der Waals surface area contributed by atoms with Crippen LogP contribution in [0.5, 0.6) is 11.5 Å². The molecule has 0 aliphatic heterocycles. The third-order valence-corrected chi connectivity index (χ3v) is 4.48. The summed E-state index contributed by atoms with van der Waals surface area (Å²) in [6.07, 6.45) is 1.41. The minimum Gasteiger partial charge on any atom is -0.484 e. The van der Waals surface area contributed by atoms with Gasteiger partial charge in [0.2, 0.25) is 0 Å². The molecule has 3 aromatic rings. The van der Waals surface area contributed by atoms with Crippen molar-refractivity contribution in [3.63, 3.8) is 0 Å². The van der Waals surface area contributed by atoms with Gasteiger partial charge in [-0.2, -0.15) is 4.98 Å². The van der Waals surface area contributed by atoms with E-state index in [9.17, 15) is 9.18 Å². The Bertz CT molecular complexity index is 942. The Hall–Kier alpha value is -3.42. The summed E-state index contributed by atoms with van der Waals surface area (Å²) in [5.74, 6) is 1.47. The summed E-state index contributed by atoms with van der Waals surface area (Å²) >= 11 is 0. The highest BCUT2D eigenvalue weighted by atomic mass is 19.1. The van der Waals surface area contributed by atoms with Crippen LogP contribution in [0.1, 0.15) is 24.2 Å². The summed E-state index contributed by atoms with van der Waals surface area (Å²) in [4.78, 5) is 18.0. The van der Waals surface area contributed by atoms with Gasteiger partial charge in [-0.05, 0) is 48.4 Å². The highest BCUT2D eigenvalue weighted by Gasteiger charge is 2.13. The van der Waals surface area contributed by atoms with Gasteiger partial charge in [0.15, 0.2) is 19.0 Å². The zero-order valence-corrected chi connectivity index (χ0v) is 17.0. The molecule has 8 heteroatoms. The summed E-state index contributed by atoms with van der Waals surface area (Å²) in [5.41, 5.74) is 1.24.